The van der Waals surface area contributed by atoms with Crippen LogP contribution in [0.25, 0.3) is 17.0 Å². The van der Waals surface area contributed by atoms with Gasteiger partial charge in [0.25, 0.3) is 5.56 Å². The predicted octanol–water partition coefficient (Wildman–Crippen LogP) is 3.35. The van der Waals surface area contributed by atoms with Gasteiger partial charge in [0.1, 0.15) is 11.6 Å². The van der Waals surface area contributed by atoms with Crippen LogP contribution in [-0.2, 0) is 18.4 Å². The highest BCUT2D eigenvalue weighted by atomic mass is 16.4. The molecule has 7 rings (SSSR count). The largest absolute Gasteiger partial charge is 0.430 e. The fourth-order valence-corrected chi connectivity index (χ4v) is 4.66. The Morgan fingerprint density at radius 3 is 2.91 bits per heavy atom. The van der Waals surface area contributed by atoms with E-state index in [0.29, 0.717) is 23.0 Å². The Balaban J connectivity index is 1.32. The zero-order chi connectivity index (χ0) is 22.2. The molecule has 3 aromatic heterocycles. The molecule has 2 fully saturated rings. The number of nitrogens with zero attached hydrogens (tertiary/aromatic N) is 5. The lowest BCUT2D eigenvalue weighted by Crippen LogP contribution is -2.23. The molecule has 0 saturated heterocycles. The fraction of sp³-hybridized carbons (Fsp3) is 0.417. The Kier molecular flexibility index (Phi) is 3.91. The molecule has 0 spiro atoms. The van der Waals surface area contributed by atoms with Gasteiger partial charge < -0.3 is 15.1 Å². The maximum Gasteiger partial charge on any atom is 0.323 e. The third-order valence-corrected chi connectivity index (χ3v) is 7.16. The molecule has 168 valence electrons. The molecule has 0 unspecified atom stereocenters. The second-order valence-corrected chi connectivity index (χ2v) is 9.73. The summed E-state index contributed by atoms with van der Waals surface area (Å²) >= 11 is 0. The van der Waals surface area contributed by atoms with Gasteiger partial charge >= 0.3 is 6.01 Å². The van der Waals surface area contributed by atoms with Crippen molar-refractivity contribution < 1.29 is 4.42 Å². The minimum Gasteiger partial charge on any atom is -0.430 e. The molecule has 9 nitrogen and oxygen atoms in total. The third-order valence-electron chi connectivity index (χ3n) is 7.16. The van der Waals surface area contributed by atoms with Gasteiger partial charge in [-0.15, -0.1) is 0 Å². The van der Waals surface area contributed by atoms with E-state index in [4.69, 9.17) is 14.4 Å². The van der Waals surface area contributed by atoms with Crippen LogP contribution in [0.3, 0.4) is 0 Å². The van der Waals surface area contributed by atoms with E-state index in [1.165, 1.54) is 11.1 Å². The topological polar surface area (TPSA) is 103 Å². The molecule has 2 saturated carbocycles. The van der Waals surface area contributed by atoms with E-state index in [1.807, 2.05) is 0 Å². The Morgan fingerprint density at radius 1 is 1.21 bits per heavy atom. The molecule has 1 aromatic carbocycles. The molecule has 4 heterocycles. The molecule has 0 radical (unpaired) electrons. The minimum absolute atomic E-state index is 0.0818. The molecule has 9 heteroatoms. The maximum absolute atomic E-state index is 13.2. The van der Waals surface area contributed by atoms with Crippen LogP contribution in [0.2, 0.25) is 0 Å². The SMILES string of the molecule is CC1(c2coc(-n3c4nc(Nc5ccc6c(c5)CNCC6)ncc4c(=O)n3C3CC3)n2)CC1. The van der Waals surface area contributed by atoms with Gasteiger partial charge in [0, 0.05) is 23.8 Å². The van der Waals surface area contributed by atoms with E-state index in [2.05, 4.69) is 40.7 Å². The predicted molar refractivity (Wildman–Crippen MR) is 123 cm³/mol. The van der Waals surface area contributed by atoms with E-state index in [-0.39, 0.29) is 17.0 Å². The Morgan fingerprint density at radius 2 is 2.09 bits per heavy atom. The molecular formula is C24H25N7O2. The first-order chi connectivity index (χ1) is 16.1. The standard InChI is InChI=1S/C24H25N7O2/c1-24(7-8-24)19-13-33-23(28-19)31-20-18(21(32)30(31)17-4-5-17)12-26-22(29-20)27-16-3-2-14-6-9-25-11-15(14)10-16/h2-3,10,12-13,17,25H,4-9,11H2,1H3,(H,26,27,29). The van der Waals surface area contributed by atoms with Gasteiger partial charge in [0.05, 0.1) is 11.7 Å². The monoisotopic (exact) mass is 443 g/mol. The minimum atomic E-state index is -0.101. The molecule has 0 atom stereocenters. The molecule has 1 aliphatic heterocycles. The number of oxazole rings is 1. The molecule has 0 bridgehead atoms. The Hall–Kier alpha value is -3.46. The molecular weight excluding hydrogens is 418 g/mol. The molecule has 33 heavy (non-hydrogen) atoms. The van der Waals surface area contributed by atoms with E-state index in [1.54, 1.807) is 21.8 Å². The van der Waals surface area contributed by atoms with Gasteiger partial charge in [-0.25, -0.2) is 9.67 Å². The first-order valence-electron chi connectivity index (χ1n) is 11.7. The summed E-state index contributed by atoms with van der Waals surface area (Å²) in [6.07, 6.45) is 8.50. The lowest BCUT2D eigenvalue weighted by Gasteiger charge is -2.18. The number of rotatable bonds is 5. The molecule has 0 amide bonds. The third kappa shape index (κ3) is 3.10. The van der Waals surface area contributed by atoms with Crippen molar-refractivity contribution in [1.82, 2.24) is 29.6 Å². The van der Waals surface area contributed by atoms with E-state index < -0.39 is 0 Å². The molecule has 3 aliphatic rings. The lowest BCUT2D eigenvalue weighted by atomic mass is 10.0. The van der Waals surface area contributed by atoms with Crippen LogP contribution in [0.5, 0.6) is 0 Å². The lowest BCUT2D eigenvalue weighted by molar-refractivity contribution is 0.454. The van der Waals surface area contributed by atoms with Crippen molar-refractivity contribution in [1.29, 1.82) is 0 Å². The number of hydrogen-bond donors (Lipinski definition) is 2. The zero-order valence-corrected chi connectivity index (χ0v) is 18.5. The van der Waals surface area contributed by atoms with Crippen molar-refractivity contribution in [2.45, 2.75) is 57.0 Å². The summed E-state index contributed by atoms with van der Waals surface area (Å²) in [5.74, 6) is 0.439. The second kappa shape index (κ2) is 6.77. The van der Waals surface area contributed by atoms with Crippen molar-refractivity contribution in [2.75, 3.05) is 11.9 Å². The number of anilines is 2. The van der Waals surface area contributed by atoms with Crippen molar-refractivity contribution in [3.05, 3.63) is 57.8 Å². The van der Waals surface area contributed by atoms with E-state index in [0.717, 1.165) is 56.6 Å². The number of aromatic nitrogens is 5. The fourth-order valence-electron chi connectivity index (χ4n) is 4.66. The number of hydrogen-bond acceptors (Lipinski definition) is 7. The van der Waals surface area contributed by atoms with Crippen LogP contribution >= 0.6 is 0 Å². The normalized spacial score (nSPS) is 18.9. The van der Waals surface area contributed by atoms with Crippen molar-refractivity contribution in [3.8, 4) is 6.01 Å². The van der Waals surface area contributed by atoms with Gasteiger partial charge in [0.2, 0.25) is 5.95 Å². The first-order valence-corrected chi connectivity index (χ1v) is 11.7. The van der Waals surface area contributed by atoms with Crippen LogP contribution < -0.4 is 16.2 Å². The summed E-state index contributed by atoms with van der Waals surface area (Å²) in [5, 5.41) is 7.19. The van der Waals surface area contributed by atoms with Gasteiger partial charge in [-0.1, -0.05) is 13.0 Å². The Labute approximate surface area is 189 Å². The second-order valence-electron chi connectivity index (χ2n) is 9.73. The van der Waals surface area contributed by atoms with Crippen LogP contribution in [0.15, 0.2) is 39.9 Å². The van der Waals surface area contributed by atoms with Gasteiger partial charge in [-0.3, -0.25) is 4.79 Å². The van der Waals surface area contributed by atoms with Crippen molar-refractivity contribution in [3.63, 3.8) is 0 Å². The average Bonchev–Trinajstić information content (AvgIpc) is 3.74. The van der Waals surface area contributed by atoms with Crippen molar-refractivity contribution in [2.24, 2.45) is 0 Å². The summed E-state index contributed by atoms with van der Waals surface area (Å²) in [7, 11) is 0. The smallest absolute Gasteiger partial charge is 0.323 e. The summed E-state index contributed by atoms with van der Waals surface area (Å²) in [6, 6.07) is 6.87. The highest BCUT2D eigenvalue weighted by Gasteiger charge is 2.42. The van der Waals surface area contributed by atoms with Gasteiger partial charge in [-0.2, -0.15) is 14.6 Å². The van der Waals surface area contributed by atoms with E-state index in [9.17, 15) is 4.79 Å². The van der Waals surface area contributed by atoms with Crippen LogP contribution in [-0.4, -0.2) is 30.9 Å². The van der Waals surface area contributed by atoms with Crippen molar-refractivity contribution >= 4 is 22.7 Å². The zero-order valence-electron chi connectivity index (χ0n) is 18.5. The summed E-state index contributed by atoms with van der Waals surface area (Å²) < 4.78 is 9.36. The summed E-state index contributed by atoms with van der Waals surface area (Å²) in [4.78, 5) is 27.2. The first kappa shape index (κ1) is 19.0. The highest BCUT2D eigenvalue weighted by Crippen LogP contribution is 2.47. The quantitative estimate of drug-likeness (QED) is 0.488. The molecule has 2 N–H and O–H groups in total. The number of fused-ring (bicyclic) bond motifs is 2. The maximum atomic E-state index is 13.2. The number of nitrogens with one attached hydrogen (secondary N) is 2. The molecule has 4 aromatic rings. The van der Waals surface area contributed by atoms with Gasteiger partial charge in [-0.05, 0) is 61.9 Å². The Bertz CT molecular complexity index is 1460. The average molecular weight is 444 g/mol. The van der Waals surface area contributed by atoms with Crippen LogP contribution in [0, 0.1) is 0 Å². The number of benzene rings is 1. The van der Waals surface area contributed by atoms with Crippen LogP contribution in [0.1, 0.15) is 55.5 Å². The van der Waals surface area contributed by atoms with Crippen LogP contribution in [0.4, 0.5) is 11.6 Å². The molecule has 2 aliphatic carbocycles. The van der Waals surface area contributed by atoms with Gasteiger partial charge in [0.15, 0.2) is 5.65 Å². The summed E-state index contributed by atoms with van der Waals surface area (Å²) in [5.41, 5.74) is 5.00. The summed E-state index contributed by atoms with van der Waals surface area (Å²) in [6.45, 7) is 4.06. The highest BCUT2D eigenvalue weighted by molar-refractivity contribution is 5.76. The van der Waals surface area contributed by atoms with E-state index >= 15 is 0 Å².